The Balaban J connectivity index is 1.71. The third kappa shape index (κ3) is 6.51. The van der Waals surface area contributed by atoms with Crippen LogP contribution in [0, 0.1) is 5.92 Å². The van der Waals surface area contributed by atoms with Crippen LogP contribution in [-0.4, -0.2) is 74.5 Å². The fourth-order valence-electron chi connectivity index (χ4n) is 4.09. The van der Waals surface area contributed by atoms with Crippen LogP contribution < -0.4 is 5.32 Å². The molecular formula is C22H30F3N3O4. The van der Waals surface area contributed by atoms with Gasteiger partial charge in [0.15, 0.2) is 0 Å². The van der Waals surface area contributed by atoms with Gasteiger partial charge in [0.1, 0.15) is 0 Å². The number of likely N-dealkylation sites (tertiary alicyclic amines) is 1. The lowest BCUT2D eigenvalue weighted by Gasteiger charge is -2.41. The number of ether oxygens (including phenoxy) is 2. The van der Waals surface area contributed by atoms with Crippen LogP contribution in [0.3, 0.4) is 0 Å². The van der Waals surface area contributed by atoms with Crippen molar-refractivity contribution in [3.05, 3.63) is 35.4 Å². The first-order valence-electron chi connectivity index (χ1n) is 11.0. The lowest BCUT2D eigenvalue weighted by atomic mass is 9.84. The molecule has 178 valence electrons. The molecule has 2 fully saturated rings. The van der Waals surface area contributed by atoms with Crippen molar-refractivity contribution in [2.24, 2.45) is 5.92 Å². The zero-order valence-corrected chi connectivity index (χ0v) is 18.2. The molecule has 0 spiro atoms. The number of nitrogens with one attached hydrogen (secondary N) is 1. The molecule has 2 unspecified atom stereocenters. The second-order valence-corrected chi connectivity index (χ2v) is 8.23. The minimum atomic E-state index is -4.40. The smallest absolute Gasteiger partial charge is 0.416 e. The predicted molar refractivity (Wildman–Crippen MR) is 111 cm³/mol. The summed E-state index contributed by atoms with van der Waals surface area (Å²) in [6.45, 7) is 5.37. The number of piperidine rings is 1. The first-order chi connectivity index (χ1) is 15.3. The van der Waals surface area contributed by atoms with E-state index in [1.807, 2.05) is 6.92 Å². The van der Waals surface area contributed by atoms with Crippen molar-refractivity contribution in [3.63, 3.8) is 0 Å². The number of carbonyl (C=O) groups is 2. The van der Waals surface area contributed by atoms with E-state index in [0.717, 1.165) is 24.1 Å². The van der Waals surface area contributed by atoms with Crippen molar-refractivity contribution >= 4 is 12.1 Å². The number of urea groups is 1. The largest absolute Gasteiger partial charge is 0.449 e. The Labute approximate surface area is 185 Å². The summed E-state index contributed by atoms with van der Waals surface area (Å²) >= 11 is 0. The molecule has 10 heteroatoms. The van der Waals surface area contributed by atoms with Crippen LogP contribution in [0.25, 0.3) is 0 Å². The van der Waals surface area contributed by atoms with Gasteiger partial charge in [-0.15, -0.1) is 0 Å². The number of alkyl halides is 3. The van der Waals surface area contributed by atoms with Crippen molar-refractivity contribution in [1.29, 1.82) is 0 Å². The lowest BCUT2D eigenvalue weighted by molar-refractivity contribution is -0.137. The number of nitrogens with zero attached hydrogens (tertiary/aromatic N) is 2. The van der Waals surface area contributed by atoms with E-state index in [4.69, 9.17) is 9.47 Å². The summed E-state index contributed by atoms with van der Waals surface area (Å²) in [4.78, 5) is 28.4. The molecule has 0 aliphatic carbocycles. The van der Waals surface area contributed by atoms with Gasteiger partial charge in [-0.1, -0.05) is 19.1 Å². The van der Waals surface area contributed by atoms with Gasteiger partial charge in [0.25, 0.3) is 0 Å². The van der Waals surface area contributed by atoms with Gasteiger partial charge >= 0.3 is 18.3 Å². The minimum absolute atomic E-state index is 0.117. The van der Waals surface area contributed by atoms with Gasteiger partial charge in [0.2, 0.25) is 0 Å². The van der Waals surface area contributed by atoms with Gasteiger partial charge in [0, 0.05) is 44.6 Å². The van der Waals surface area contributed by atoms with Crippen LogP contribution in [0.2, 0.25) is 0 Å². The van der Waals surface area contributed by atoms with Crippen molar-refractivity contribution in [3.8, 4) is 0 Å². The summed E-state index contributed by atoms with van der Waals surface area (Å²) in [5.41, 5.74) is 0.0312. The summed E-state index contributed by atoms with van der Waals surface area (Å²) in [5, 5.41) is 2.65. The van der Waals surface area contributed by atoms with Gasteiger partial charge in [-0.3, -0.25) is 0 Å². The highest BCUT2D eigenvalue weighted by Crippen LogP contribution is 2.34. The average molecular weight is 457 g/mol. The topological polar surface area (TPSA) is 71.1 Å². The quantitative estimate of drug-likeness (QED) is 0.732. The average Bonchev–Trinajstić information content (AvgIpc) is 2.80. The Hall–Kier alpha value is -2.49. The Morgan fingerprint density at radius 2 is 1.81 bits per heavy atom. The molecule has 2 aliphatic rings. The number of amides is 3. The molecule has 0 saturated carbocycles. The van der Waals surface area contributed by atoms with Crippen LogP contribution in [-0.2, 0) is 15.7 Å². The molecule has 0 bridgehead atoms. The highest BCUT2D eigenvalue weighted by atomic mass is 19.4. The van der Waals surface area contributed by atoms with Crippen LogP contribution in [0.1, 0.15) is 36.8 Å². The van der Waals surface area contributed by atoms with E-state index >= 15 is 0 Å². The van der Waals surface area contributed by atoms with E-state index in [9.17, 15) is 22.8 Å². The second-order valence-electron chi connectivity index (χ2n) is 8.23. The molecule has 3 rings (SSSR count). The highest BCUT2D eigenvalue weighted by molar-refractivity contribution is 5.75. The molecule has 1 aromatic carbocycles. The maximum Gasteiger partial charge on any atom is 0.416 e. The van der Waals surface area contributed by atoms with Gasteiger partial charge in [0.05, 0.1) is 25.4 Å². The molecule has 3 amide bonds. The number of alkyl carbamates (subject to hydrolysis) is 1. The zero-order valence-electron chi connectivity index (χ0n) is 18.2. The standard InChI is InChI=1S/C22H30F3N3O4/c1-2-7-26-20(29)32-15-16-12-18(17-3-5-19(6-4-17)22(23,24)25)14-28(13-16)21(30)27-8-10-31-11-9-27/h3-6,16,18H,2,7-15H2,1H3,(H,26,29). The molecule has 1 aromatic rings. The Kier molecular flexibility index (Phi) is 8.22. The lowest BCUT2D eigenvalue weighted by Crippen LogP contribution is -2.53. The van der Waals surface area contributed by atoms with Gasteiger partial charge in [-0.05, 0) is 30.5 Å². The van der Waals surface area contributed by atoms with E-state index < -0.39 is 17.8 Å². The van der Waals surface area contributed by atoms with Gasteiger partial charge in [-0.25, -0.2) is 9.59 Å². The fraction of sp³-hybridized carbons (Fsp3) is 0.636. The first-order valence-corrected chi connectivity index (χ1v) is 11.0. The fourth-order valence-corrected chi connectivity index (χ4v) is 4.09. The molecule has 2 heterocycles. The number of benzene rings is 1. The molecule has 32 heavy (non-hydrogen) atoms. The normalized spacial score (nSPS) is 21.9. The molecule has 2 atom stereocenters. The van der Waals surface area contributed by atoms with E-state index in [-0.39, 0.29) is 24.5 Å². The maximum absolute atomic E-state index is 13.1. The highest BCUT2D eigenvalue weighted by Gasteiger charge is 2.35. The minimum Gasteiger partial charge on any atom is -0.449 e. The molecule has 2 aliphatic heterocycles. The number of rotatable bonds is 5. The SMILES string of the molecule is CCCNC(=O)OCC1CC(c2ccc(C(F)(F)F)cc2)CN(C(=O)N2CCOCC2)C1. The van der Waals surface area contributed by atoms with E-state index in [1.165, 1.54) is 12.1 Å². The van der Waals surface area contributed by atoms with E-state index in [1.54, 1.807) is 9.80 Å². The van der Waals surface area contributed by atoms with Crippen molar-refractivity contribution in [2.75, 3.05) is 52.5 Å². The predicted octanol–water partition coefficient (Wildman–Crippen LogP) is 3.70. The Morgan fingerprint density at radius 3 is 2.44 bits per heavy atom. The zero-order chi connectivity index (χ0) is 23.1. The first kappa shape index (κ1) is 24.2. The second kappa shape index (κ2) is 10.9. The number of halogens is 3. The third-order valence-corrected chi connectivity index (χ3v) is 5.77. The molecule has 0 radical (unpaired) electrons. The number of hydrogen-bond donors (Lipinski definition) is 1. The third-order valence-electron chi connectivity index (χ3n) is 5.77. The molecular weight excluding hydrogens is 427 g/mol. The number of hydrogen-bond acceptors (Lipinski definition) is 4. The van der Waals surface area contributed by atoms with Crippen LogP contribution in [0.15, 0.2) is 24.3 Å². The summed E-state index contributed by atoms with van der Waals surface area (Å²) in [6.07, 6.45) is -3.50. The number of carbonyl (C=O) groups excluding carboxylic acids is 2. The molecule has 2 saturated heterocycles. The monoisotopic (exact) mass is 457 g/mol. The van der Waals surface area contributed by atoms with Crippen LogP contribution >= 0.6 is 0 Å². The maximum atomic E-state index is 13.1. The van der Waals surface area contributed by atoms with Crippen molar-refractivity contribution in [2.45, 2.75) is 31.9 Å². The van der Waals surface area contributed by atoms with Crippen LogP contribution in [0.4, 0.5) is 22.8 Å². The number of morpholine rings is 1. The summed E-state index contributed by atoms with van der Waals surface area (Å²) < 4.78 is 49.5. The summed E-state index contributed by atoms with van der Waals surface area (Å²) in [6, 6.07) is 4.97. The summed E-state index contributed by atoms with van der Waals surface area (Å²) in [7, 11) is 0. The molecule has 1 N–H and O–H groups in total. The van der Waals surface area contributed by atoms with Gasteiger partial charge in [-0.2, -0.15) is 13.2 Å². The molecule has 0 aromatic heterocycles. The van der Waals surface area contributed by atoms with E-state index in [0.29, 0.717) is 52.4 Å². The Morgan fingerprint density at radius 1 is 1.12 bits per heavy atom. The Bertz CT molecular complexity index is 767. The summed E-state index contributed by atoms with van der Waals surface area (Å²) in [5.74, 6) is -0.267. The van der Waals surface area contributed by atoms with Crippen molar-refractivity contribution < 1.29 is 32.2 Å². The molecule has 7 nitrogen and oxygen atoms in total. The van der Waals surface area contributed by atoms with Crippen molar-refractivity contribution in [1.82, 2.24) is 15.1 Å². The van der Waals surface area contributed by atoms with Crippen LogP contribution in [0.5, 0.6) is 0 Å². The van der Waals surface area contributed by atoms with E-state index in [2.05, 4.69) is 5.32 Å². The van der Waals surface area contributed by atoms with Gasteiger partial charge < -0.3 is 24.6 Å².